The predicted molar refractivity (Wildman–Crippen MR) is 124 cm³/mol. The Hall–Kier alpha value is -4.65. The second-order valence-corrected chi connectivity index (χ2v) is 7.71. The summed E-state index contributed by atoms with van der Waals surface area (Å²) in [6.45, 7) is 0.446. The third kappa shape index (κ3) is 3.76. The lowest BCUT2D eigenvalue weighted by Gasteiger charge is -2.13. The Labute approximate surface area is 189 Å². The van der Waals surface area contributed by atoms with Crippen molar-refractivity contribution in [2.45, 2.75) is 6.54 Å². The van der Waals surface area contributed by atoms with Crippen molar-refractivity contribution in [2.75, 3.05) is 5.01 Å². The minimum Gasteiger partial charge on any atom is -0.478 e. The minimum absolute atomic E-state index is 0.0506. The van der Waals surface area contributed by atoms with E-state index < -0.39 is 17.8 Å². The summed E-state index contributed by atoms with van der Waals surface area (Å²) in [7, 11) is 0. The summed E-state index contributed by atoms with van der Waals surface area (Å²) in [4.78, 5) is 36.9. The van der Waals surface area contributed by atoms with Crippen LogP contribution >= 0.6 is 0 Å². The highest BCUT2D eigenvalue weighted by Gasteiger charge is 2.34. The summed E-state index contributed by atoms with van der Waals surface area (Å²) in [5, 5.41) is 11.4. The highest BCUT2D eigenvalue weighted by Crippen LogP contribution is 2.27. The topological polar surface area (TPSA) is 91.6 Å². The fraction of sp³-hybridized carbons (Fsp3) is 0.0385. The SMILES string of the molecule is O=C1NN(c2ccccc2)C(=O)C1=Cc1cn(Cc2cccc(C(=O)O)c2)c2ccccc12. The van der Waals surface area contributed by atoms with E-state index in [1.54, 1.807) is 48.5 Å². The van der Waals surface area contributed by atoms with Crippen LogP contribution in [0.4, 0.5) is 5.69 Å². The van der Waals surface area contributed by atoms with E-state index in [1.807, 2.05) is 47.2 Å². The lowest BCUT2D eigenvalue weighted by molar-refractivity contribution is -0.117. The summed E-state index contributed by atoms with van der Waals surface area (Å²) in [6.07, 6.45) is 3.48. The van der Waals surface area contributed by atoms with Crippen LogP contribution in [0.2, 0.25) is 0 Å². The van der Waals surface area contributed by atoms with Crippen LogP contribution in [-0.4, -0.2) is 27.5 Å². The van der Waals surface area contributed by atoms with Gasteiger partial charge < -0.3 is 9.67 Å². The average molecular weight is 437 g/mol. The van der Waals surface area contributed by atoms with E-state index in [0.29, 0.717) is 12.2 Å². The smallest absolute Gasteiger partial charge is 0.335 e. The van der Waals surface area contributed by atoms with Crippen LogP contribution in [0.3, 0.4) is 0 Å². The molecule has 2 heterocycles. The lowest BCUT2D eigenvalue weighted by Crippen LogP contribution is -2.35. The normalized spacial score (nSPS) is 14.8. The molecule has 4 aromatic rings. The number of aromatic carboxylic acids is 1. The van der Waals surface area contributed by atoms with Crippen molar-refractivity contribution in [1.82, 2.24) is 9.99 Å². The molecule has 1 aliphatic heterocycles. The van der Waals surface area contributed by atoms with Gasteiger partial charge in [0.2, 0.25) is 0 Å². The Morgan fingerprint density at radius 2 is 1.70 bits per heavy atom. The van der Waals surface area contributed by atoms with E-state index in [9.17, 15) is 19.5 Å². The van der Waals surface area contributed by atoms with Gasteiger partial charge in [-0.25, -0.2) is 9.80 Å². The number of amides is 2. The van der Waals surface area contributed by atoms with Crippen molar-refractivity contribution in [2.24, 2.45) is 0 Å². The number of carboxylic acids is 1. The first-order valence-electron chi connectivity index (χ1n) is 10.3. The molecule has 2 N–H and O–H groups in total. The Bertz CT molecular complexity index is 1440. The van der Waals surface area contributed by atoms with Crippen molar-refractivity contribution >= 4 is 40.4 Å². The van der Waals surface area contributed by atoms with Gasteiger partial charge in [0.25, 0.3) is 11.8 Å². The first kappa shape index (κ1) is 20.3. The van der Waals surface area contributed by atoms with Crippen LogP contribution in [0.25, 0.3) is 17.0 Å². The van der Waals surface area contributed by atoms with E-state index in [0.717, 1.165) is 22.0 Å². The lowest BCUT2D eigenvalue weighted by atomic mass is 10.1. The molecule has 0 aliphatic carbocycles. The number of carboxylic acid groups (broad SMARTS) is 1. The Kier molecular flexibility index (Phi) is 4.99. The van der Waals surface area contributed by atoms with Crippen LogP contribution in [0, 0.1) is 0 Å². The number of nitrogens with zero attached hydrogens (tertiary/aromatic N) is 2. The van der Waals surface area contributed by atoms with Crippen molar-refractivity contribution < 1.29 is 19.5 Å². The molecular formula is C26H19N3O4. The third-order valence-corrected chi connectivity index (χ3v) is 5.55. The molecule has 2 amide bonds. The number of rotatable bonds is 5. The summed E-state index contributed by atoms with van der Waals surface area (Å²) in [6, 6.07) is 23.4. The third-order valence-electron chi connectivity index (χ3n) is 5.55. The van der Waals surface area contributed by atoms with Crippen LogP contribution in [-0.2, 0) is 16.1 Å². The summed E-state index contributed by atoms with van der Waals surface area (Å²) in [5.74, 6) is -1.86. The number of anilines is 1. The Balaban J connectivity index is 1.53. The second kappa shape index (κ2) is 8.12. The van der Waals surface area contributed by atoms with Gasteiger partial charge in [0.15, 0.2) is 0 Å². The van der Waals surface area contributed by atoms with E-state index in [1.165, 1.54) is 5.01 Å². The minimum atomic E-state index is -0.978. The van der Waals surface area contributed by atoms with Crippen LogP contribution in [0.5, 0.6) is 0 Å². The molecule has 1 saturated heterocycles. The molecule has 1 aromatic heterocycles. The van der Waals surface area contributed by atoms with Gasteiger partial charge >= 0.3 is 5.97 Å². The highest BCUT2D eigenvalue weighted by atomic mass is 16.4. The van der Waals surface area contributed by atoms with Crippen molar-refractivity contribution in [3.63, 3.8) is 0 Å². The van der Waals surface area contributed by atoms with Crippen LogP contribution < -0.4 is 10.4 Å². The van der Waals surface area contributed by atoms with E-state index in [4.69, 9.17) is 0 Å². The molecule has 7 nitrogen and oxygen atoms in total. The number of nitrogens with one attached hydrogen (secondary N) is 1. The first-order chi connectivity index (χ1) is 16.0. The molecule has 0 bridgehead atoms. The first-order valence-corrected chi connectivity index (χ1v) is 10.3. The molecule has 0 radical (unpaired) electrons. The summed E-state index contributed by atoms with van der Waals surface area (Å²) < 4.78 is 1.98. The van der Waals surface area contributed by atoms with Gasteiger partial charge in [-0.05, 0) is 42.0 Å². The summed E-state index contributed by atoms with van der Waals surface area (Å²) in [5.41, 5.74) is 5.95. The number of carbonyl (C=O) groups is 3. The molecule has 1 aliphatic rings. The molecule has 5 rings (SSSR count). The van der Waals surface area contributed by atoms with Crippen LogP contribution in [0.15, 0.2) is 90.6 Å². The van der Waals surface area contributed by atoms with Gasteiger partial charge in [-0.15, -0.1) is 0 Å². The van der Waals surface area contributed by atoms with Crippen molar-refractivity contribution in [1.29, 1.82) is 0 Å². The predicted octanol–water partition coefficient (Wildman–Crippen LogP) is 3.85. The molecule has 1 fully saturated rings. The molecule has 0 atom stereocenters. The number of aromatic nitrogens is 1. The van der Waals surface area contributed by atoms with Gasteiger partial charge in [-0.3, -0.25) is 15.0 Å². The molecule has 33 heavy (non-hydrogen) atoms. The number of fused-ring (bicyclic) bond motifs is 1. The highest BCUT2D eigenvalue weighted by molar-refractivity contribution is 6.32. The van der Waals surface area contributed by atoms with Crippen LogP contribution in [0.1, 0.15) is 21.5 Å². The molecule has 0 spiro atoms. The second-order valence-electron chi connectivity index (χ2n) is 7.71. The van der Waals surface area contributed by atoms with E-state index in [-0.39, 0.29) is 11.1 Å². The number of hydrogen-bond acceptors (Lipinski definition) is 3. The number of carbonyl (C=O) groups excluding carboxylic acids is 2. The fourth-order valence-corrected chi connectivity index (χ4v) is 3.99. The average Bonchev–Trinajstić information content (AvgIpc) is 3.32. The fourth-order valence-electron chi connectivity index (χ4n) is 3.99. The van der Waals surface area contributed by atoms with Gasteiger partial charge in [0.1, 0.15) is 5.57 Å². The standard InChI is InChI=1S/C26H19N3O4/c30-24-22(25(31)29(27-24)20-9-2-1-3-10-20)14-19-16-28(23-12-5-4-11-21(19)23)15-17-7-6-8-18(13-17)26(32)33/h1-14,16H,15H2,(H,27,30)(H,32,33). The van der Waals surface area contributed by atoms with Gasteiger partial charge in [0, 0.05) is 29.2 Å². The molecule has 7 heteroatoms. The van der Waals surface area contributed by atoms with Gasteiger partial charge in [0.05, 0.1) is 11.3 Å². The molecule has 3 aromatic carbocycles. The largest absolute Gasteiger partial charge is 0.478 e. The Morgan fingerprint density at radius 3 is 2.48 bits per heavy atom. The van der Waals surface area contributed by atoms with E-state index in [2.05, 4.69) is 5.43 Å². The zero-order chi connectivity index (χ0) is 22.9. The van der Waals surface area contributed by atoms with Crippen molar-refractivity contribution in [3.8, 4) is 0 Å². The zero-order valence-corrected chi connectivity index (χ0v) is 17.4. The maximum Gasteiger partial charge on any atom is 0.335 e. The van der Waals surface area contributed by atoms with Crippen molar-refractivity contribution in [3.05, 3.63) is 107 Å². The maximum atomic E-state index is 13.0. The van der Waals surface area contributed by atoms with Gasteiger partial charge in [-0.2, -0.15) is 0 Å². The monoisotopic (exact) mass is 437 g/mol. The van der Waals surface area contributed by atoms with E-state index >= 15 is 0 Å². The quantitative estimate of drug-likeness (QED) is 0.367. The molecular weight excluding hydrogens is 418 g/mol. The molecule has 162 valence electrons. The maximum absolute atomic E-state index is 13.0. The van der Waals surface area contributed by atoms with Gasteiger partial charge in [-0.1, -0.05) is 48.5 Å². The number of hydrazine groups is 1. The summed E-state index contributed by atoms with van der Waals surface area (Å²) >= 11 is 0. The number of hydrogen-bond donors (Lipinski definition) is 2. The molecule has 0 unspecified atom stereocenters. The number of para-hydroxylation sites is 2. The number of benzene rings is 3. The Morgan fingerprint density at radius 1 is 0.939 bits per heavy atom. The zero-order valence-electron chi connectivity index (χ0n) is 17.4. The molecule has 0 saturated carbocycles.